The van der Waals surface area contributed by atoms with Crippen molar-refractivity contribution in [2.24, 2.45) is 0 Å². The summed E-state index contributed by atoms with van der Waals surface area (Å²) in [4.78, 5) is 26.6. The minimum atomic E-state index is -0.498. The first-order valence-electron chi connectivity index (χ1n) is 8.25. The Kier molecular flexibility index (Phi) is 4.75. The smallest absolute Gasteiger partial charge is 0.251 e. The van der Waals surface area contributed by atoms with Crippen LogP contribution >= 0.6 is 0 Å². The second kappa shape index (κ2) is 7.00. The molecule has 0 radical (unpaired) electrons. The maximum Gasteiger partial charge on any atom is 0.251 e. The van der Waals surface area contributed by atoms with Crippen LogP contribution in [0, 0.1) is 5.82 Å². The molecule has 1 heterocycles. The molecule has 3 rings (SSSR count). The van der Waals surface area contributed by atoms with Crippen LogP contribution < -0.4 is 10.2 Å². The highest BCUT2D eigenvalue weighted by molar-refractivity contribution is 6.10. The van der Waals surface area contributed by atoms with Crippen molar-refractivity contribution in [3.63, 3.8) is 0 Å². The van der Waals surface area contributed by atoms with Gasteiger partial charge in [-0.3, -0.25) is 9.59 Å². The van der Waals surface area contributed by atoms with Gasteiger partial charge in [-0.25, -0.2) is 4.39 Å². The fourth-order valence-corrected chi connectivity index (χ4v) is 3.15. The molecular weight excluding hydrogens is 335 g/mol. The second-order valence-electron chi connectivity index (χ2n) is 6.09. The van der Waals surface area contributed by atoms with Crippen LogP contribution in [0.15, 0.2) is 54.1 Å². The molecule has 1 unspecified atom stereocenters. The van der Waals surface area contributed by atoms with E-state index in [1.807, 2.05) is 6.92 Å². The lowest BCUT2D eigenvalue weighted by molar-refractivity contribution is -0.121. The monoisotopic (exact) mass is 354 g/mol. The van der Waals surface area contributed by atoms with E-state index in [1.54, 1.807) is 36.4 Å². The Bertz CT molecular complexity index is 890. The average Bonchev–Trinajstić information content (AvgIpc) is 2.76. The van der Waals surface area contributed by atoms with Crippen molar-refractivity contribution in [2.75, 3.05) is 11.9 Å². The Morgan fingerprint density at radius 3 is 2.50 bits per heavy atom. The zero-order chi connectivity index (χ0) is 18.8. The summed E-state index contributed by atoms with van der Waals surface area (Å²) >= 11 is 0. The third kappa shape index (κ3) is 3.06. The van der Waals surface area contributed by atoms with Crippen molar-refractivity contribution in [1.29, 1.82) is 0 Å². The lowest BCUT2D eigenvalue weighted by Crippen LogP contribution is -2.34. The van der Waals surface area contributed by atoms with Crippen LogP contribution in [-0.4, -0.2) is 24.0 Å². The number of para-hydroxylation sites is 1. The summed E-state index contributed by atoms with van der Waals surface area (Å²) in [5.41, 5.74) is 1.69. The van der Waals surface area contributed by atoms with Crippen molar-refractivity contribution in [2.45, 2.75) is 19.4 Å². The number of fused-ring (bicyclic) bond motifs is 1. The third-order valence-corrected chi connectivity index (χ3v) is 4.54. The summed E-state index contributed by atoms with van der Waals surface area (Å²) in [6.07, 6.45) is -0.230. The van der Waals surface area contributed by atoms with E-state index in [9.17, 15) is 19.1 Å². The normalized spacial score (nSPS) is 15.3. The van der Waals surface area contributed by atoms with Gasteiger partial charge in [0.05, 0.1) is 23.7 Å². The molecule has 2 aromatic rings. The Hall–Kier alpha value is -3.15. The van der Waals surface area contributed by atoms with E-state index in [2.05, 4.69) is 5.32 Å². The van der Waals surface area contributed by atoms with Crippen molar-refractivity contribution in [3.8, 4) is 0 Å². The van der Waals surface area contributed by atoms with Gasteiger partial charge in [-0.05, 0) is 36.8 Å². The standard InChI is InChI=1S/C20H19FN2O3/c1-12(13-7-9-14(21)10-8-13)23-17-6-4-3-5-15(17)19(25)16(11-18(23)24)20(26)22-2/h3-10,12,25H,11H2,1-2H3,(H,22,26). The Labute approximate surface area is 150 Å². The molecule has 0 fully saturated rings. The van der Waals surface area contributed by atoms with Crippen molar-refractivity contribution < 1.29 is 19.1 Å². The number of halogens is 1. The number of benzene rings is 2. The van der Waals surface area contributed by atoms with E-state index >= 15 is 0 Å². The number of carbonyl (C=O) groups excluding carboxylic acids is 2. The molecule has 6 heteroatoms. The zero-order valence-electron chi connectivity index (χ0n) is 14.5. The zero-order valence-corrected chi connectivity index (χ0v) is 14.5. The molecular formula is C20H19FN2O3. The number of carbonyl (C=O) groups is 2. The largest absolute Gasteiger partial charge is 0.507 e. The number of likely N-dealkylation sites (N-methyl/N-ethyl adjacent to an activating group) is 1. The minimum Gasteiger partial charge on any atom is -0.507 e. The maximum atomic E-state index is 13.2. The van der Waals surface area contributed by atoms with E-state index in [0.717, 1.165) is 5.56 Å². The summed E-state index contributed by atoms with van der Waals surface area (Å²) in [6, 6.07) is 12.4. The second-order valence-corrected chi connectivity index (χ2v) is 6.09. The van der Waals surface area contributed by atoms with Gasteiger partial charge in [-0.15, -0.1) is 0 Å². The van der Waals surface area contributed by atoms with Gasteiger partial charge < -0.3 is 15.3 Å². The first kappa shape index (κ1) is 17.7. The molecule has 0 aromatic heterocycles. The molecule has 0 spiro atoms. The summed E-state index contributed by atoms with van der Waals surface area (Å²) in [6.45, 7) is 1.82. The molecule has 1 aliphatic rings. The van der Waals surface area contributed by atoms with Gasteiger partial charge in [0.15, 0.2) is 0 Å². The molecule has 0 saturated carbocycles. The van der Waals surface area contributed by atoms with Gasteiger partial charge in [0, 0.05) is 12.6 Å². The fourth-order valence-electron chi connectivity index (χ4n) is 3.15. The van der Waals surface area contributed by atoms with E-state index in [1.165, 1.54) is 24.1 Å². The van der Waals surface area contributed by atoms with Gasteiger partial charge in [-0.1, -0.05) is 24.3 Å². The minimum absolute atomic E-state index is 0.0266. The lowest BCUT2D eigenvalue weighted by atomic mass is 10.0. The Morgan fingerprint density at radius 1 is 1.19 bits per heavy atom. The van der Waals surface area contributed by atoms with Gasteiger partial charge >= 0.3 is 0 Å². The van der Waals surface area contributed by atoms with Gasteiger partial charge in [0.25, 0.3) is 5.91 Å². The maximum absolute atomic E-state index is 13.2. The lowest BCUT2D eigenvalue weighted by Gasteiger charge is -2.30. The number of hydrogen-bond acceptors (Lipinski definition) is 3. The first-order chi connectivity index (χ1) is 12.4. The molecule has 5 nitrogen and oxygen atoms in total. The Morgan fingerprint density at radius 2 is 1.85 bits per heavy atom. The summed E-state index contributed by atoms with van der Waals surface area (Å²) < 4.78 is 13.2. The van der Waals surface area contributed by atoms with E-state index in [-0.39, 0.29) is 29.5 Å². The van der Waals surface area contributed by atoms with Crippen LogP contribution in [0.1, 0.15) is 30.5 Å². The number of anilines is 1. The highest BCUT2D eigenvalue weighted by Crippen LogP contribution is 2.37. The molecule has 2 amide bonds. The summed E-state index contributed by atoms with van der Waals surface area (Å²) in [5, 5.41) is 13.1. The fraction of sp³-hybridized carbons (Fsp3) is 0.200. The SMILES string of the molecule is CNC(=O)C1=C(O)c2ccccc2N(C(C)c2ccc(F)cc2)C(=O)C1. The number of hydrogen-bond donors (Lipinski definition) is 2. The number of amides is 2. The third-order valence-electron chi connectivity index (χ3n) is 4.54. The molecule has 134 valence electrons. The molecule has 26 heavy (non-hydrogen) atoms. The van der Waals surface area contributed by atoms with Crippen LogP contribution in [0.25, 0.3) is 5.76 Å². The average molecular weight is 354 g/mol. The van der Waals surface area contributed by atoms with Crippen molar-refractivity contribution >= 4 is 23.3 Å². The number of aliphatic hydroxyl groups is 1. The van der Waals surface area contributed by atoms with Crippen molar-refractivity contribution in [1.82, 2.24) is 5.32 Å². The number of nitrogens with one attached hydrogen (secondary N) is 1. The predicted molar refractivity (Wildman–Crippen MR) is 97.0 cm³/mol. The Balaban J connectivity index is 2.12. The molecule has 1 atom stereocenters. The topological polar surface area (TPSA) is 69.6 Å². The highest BCUT2D eigenvalue weighted by atomic mass is 19.1. The molecule has 0 aliphatic carbocycles. The van der Waals surface area contributed by atoms with E-state index in [4.69, 9.17) is 0 Å². The van der Waals surface area contributed by atoms with Crippen LogP contribution in [0.3, 0.4) is 0 Å². The number of aliphatic hydroxyl groups excluding tert-OH is 1. The van der Waals surface area contributed by atoms with Crippen LogP contribution in [-0.2, 0) is 9.59 Å². The van der Waals surface area contributed by atoms with Crippen LogP contribution in [0.5, 0.6) is 0 Å². The quantitative estimate of drug-likeness (QED) is 0.888. The highest BCUT2D eigenvalue weighted by Gasteiger charge is 2.33. The van der Waals surface area contributed by atoms with Crippen LogP contribution in [0.4, 0.5) is 10.1 Å². The number of rotatable bonds is 3. The van der Waals surface area contributed by atoms with Gasteiger partial charge in [-0.2, -0.15) is 0 Å². The van der Waals surface area contributed by atoms with E-state index in [0.29, 0.717) is 11.3 Å². The summed E-state index contributed by atoms with van der Waals surface area (Å²) in [5.74, 6) is -1.38. The summed E-state index contributed by atoms with van der Waals surface area (Å²) in [7, 11) is 1.45. The van der Waals surface area contributed by atoms with Crippen molar-refractivity contribution in [3.05, 3.63) is 71.0 Å². The van der Waals surface area contributed by atoms with Gasteiger partial charge in [0.1, 0.15) is 11.6 Å². The van der Waals surface area contributed by atoms with E-state index < -0.39 is 11.9 Å². The van der Waals surface area contributed by atoms with Gasteiger partial charge in [0.2, 0.25) is 5.91 Å². The molecule has 2 aromatic carbocycles. The first-order valence-corrected chi connectivity index (χ1v) is 8.25. The molecule has 1 aliphatic heterocycles. The predicted octanol–water partition coefficient (Wildman–Crippen LogP) is 3.34. The van der Waals surface area contributed by atoms with Crippen LogP contribution in [0.2, 0.25) is 0 Å². The molecule has 2 N–H and O–H groups in total. The molecule has 0 bridgehead atoms. The number of nitrogens with zero attached hydrogens (tertiary/aromatic N) is 1. The molecule has 0 saturated heterocycles.